The van der Waals surface area contributed by atoms with Gasteiger partial charge in [-0.15, -0.1) is 11.3 Å². The van der Waals surface area contributed by atoms with E-state index in [0.29, 0.717) is 5.13 Å². The largest absolute Gasteiger partial charge is 0.375 e. The van der Waals surface area contributed by atoms with Crippen molar-refractivity contribution in [3.63, 3.8) is 0 Å². The van der Waals surface area contributed by atoms with Gasteiger partial charge in [-0.3, -0.25) is 0 Å². The van der Waals surface area contributed by atoms with Gasteiger partial charge in [-0.2, -0.15) is 0 Å². The number of hydrogen-bond acceptors (Lipinski definition) is 3. The Morgan fingerprint density at radius 2 is 2.46 bits per heavy atom. The van der Waals surface area contributed by atoms with Crippen LogP contribution in [0.5, 0.6) is 0 Å². The first kappa shape index (κ1) is 9.74. The van der Waals surface area contributed by atoms with Gasteiger partial charge in [0.2, 0.25) is 0 Å². The smallest absolute Gasteiger partial charge is 0.180 e. The summed E-state index contributed by atoms with van der Waals surface area (Å²) in [6.45, 7) is 5.61. The van der Waals surface area contributed by atoms with E-state index in [0.717, 1.165) is 11.3 Å². The van der Waals surface area contributed by atoms with Gasteiger partial charge in [0.05, 0.1) is 5.69 Å². The van der Waals surface area contributed by atoms with Crippen LogP contribution in [0.1, 0.15) is 12.6 Å². The Hall–Kier alpha value is -1.35. The highest BCUT2D eigenvalue weighted by atomic mass is 32.1. The molecule has 1 aromatic heterocycles. The van der Waals surface area contributed by atoms with Gasteiger partial charge in [0, 0.05) is 11.0 Å². The lowest BCUT2D eigenvalue weighted by molar-refractivity contribution is 1.37. The molecule has 1 aromatic rings. The minimum atomic E-state index is 0.592. The molecule has 0 aliphatic carbocycles. The SMILES string of the molecule is C=CC=C(C=CC)c1csc(N)n1. The molecule has 0 saturated heterocycles. The van der Waals surface area contributed by atoms with Gasteiger partial charge in [-0.1, -0.05) is 30.9 Å². The average molecular weight is 192 g/mol. The molecular weight excluding hydrogens is 180 g/mol. The van der Waals surface area contributed by atoms with Gasteiger partial charge in [0.1, 0.15) is 0 Å². The first-order chi connectivity index (χ1) is 6.27. The second kappa shape index (κ2) is 4.62. The van der Waals surface area contributed by atoms with E-state index >= 15 is 0 Å². The summed E-state index contributed by atoms with van der Waals surface area (Å²) in [5.41, 5.74) is 7.48. The summed E-state index contributed by atoms with van der Waals surface area (Å²) in [6, 6.07) is 0. The van der Waals surface area contributed by atoms with Gasteiger partial charge >= 0.3 is 0 Å². The molecular formula is C10H12N2S. The molecule has 0 amide bonds. The Morgan fingerprint density at radius 1 is 1.69 bits per heavy atom. The minimum Gasteiger partial charge on any atom is -0.375 e. The molecule has 2 nitrogen and oxygen atoms in total. The van der Waals surface area contributed by atoms with Crippen molar-refractivity contribution in [1.82, 2.24) is 4.98 Å². The van der Waals surface area contributed by atoms with Crippen LogP contribution in [0.4, 0.5) is 5.13 Å². The fourth-order valence-electron chi connectivity index (χ4n) is 0.953. The summed E-state index contributed by atoms with van der Waals surface area (Å²) >= 11 is 1.44. The third-order valence-corrected chi connectivity index (χ3v) is 2.14. The molecule has 0 atom stereocenters. The van der Waals surface area contributed by atoms with Crippen LogP contribution in [0.15, 0.2) is 36.3 Å². The second-order valence-corrected chi connectivity index (χ2v) is 3.32. The van der Waals surface area contributed by atoms with Crippen LogP contribution >= 0.6 is 11.3 Å². The number of aromatic nitrogens is 1. The molecule has 0 aliphatic rings. The number of nitrogen functional groups attached to an aromatic ring is 1. The highest BCUT2D eigenvalue weighted by Crippen LogP contribution is 2.20. The maximum absolute atomic E-state index is 5.54. The number of rotatable bonds is 3. The third kappa shape index (κ3) is 2.56. The molecule has 1 rings (SSSR count). The Morgan fingerprint density at radius 3 is 2.92 bits per heavy atom. The standard InChI is InChI=1S/C10H12N2S/c1-3-5-8(6-4-2)9-7-13-10(11)12-9/h3-7H,1H2,2H3,(H2,11,12). The van der Waals surface area contributed by atoms with Crippen LogP contribution in [0.25, 0.3) is 5.57 Å². The Labute approximate surface area is 82.1 Å². The summed E-state index contributed by atoms with van der Waals surface area (Å²) < 4.78 is 0. The molecule has 68 valence electrons. The van der Waals surface area contributed by atoms with Gasteiger partial charge in [0.15, 0.2) is 5.13 Å². The van der Waals surface area contributed by atoms with Crippen molar-refractivity contribution in [1.29, 1.82) is 0 Å². The van der Waals surface area contributed by atoms with Crippen LogP contribution < -0.4 is 5.73 Å². The van der Waals surface area contributed by atoms with Crippen molar-refractivity contribution in [3.8, 4) is 0 Å². The fraction of sp³-hybridized carbons (Fsp3) is 0.100. The molecule has 0 aliphatic heterocycles. The van der Waals surface area contributed by atoms with Crippen LogP contribution in [-0.4, -0.2) is 4.98 Å². The first-order valence-electron chi connectivity index (χ1n) is 3.94. The number of thiazole rings is 1. The number of hydrogen-bond donors (Lipinski definition) is 1. The quantitative estimate of drug-likeness (QED) is 0.748. The fourth-order valence-corrected chi connectivity index (χ4v) is 1.53. The zero-order chi connectivity index (χ0) is 9.68. The van der Waals surface area contributed by atoms with E-state index in [-0.39, 0.29) is 0 Å². The highest BCUT2D eigenvalue weighted by molar-refractivity contribution is 7.13. The molecule has 0 bridgehead atoms. The maximum Gasteiger partial charge on any atom is 0.180 e. The summed E-state index contributed by atoms with van der Waals surface area (Å²) in [7, 11) is 0. The molecule has 0 saturated carbocycles. The van der Waals surface area contributed by atoms with Crippen LogP contribution in [0, 0.1) is 0 Å². The lowest BCUT2D eigenvalue weighted by Gasteiger charge is -1.93. The van der Waals surface area contributed by atoms with E-state index in [1.54, 1.807) is 6.08 Å². The average Bonchev–Trinajstić information content (AvgIpc) is 2.51. The van der Waals surface area contributed by atoms with E-state index in [2.05, 4.69) is 11.6 Å². The Bertz CT molecular complexity index is 348. The molecule has 3 heteroatoms. The van der Waals surface area contributed by atoms with E-state index in [1.807, 2.05) is 30.5 Å². The Balaban J connectivity index is 3.01. The molecule has 2 N–H and O–H groups in total. The molecule has 0 unspecified atom stereocenters. The van der Waals surface area contributed by atoms with Crippen LogP contribution in [0.3, 0.4) is 0 Å². The third-order valence-electron chi connectivity index (χ3n) is 1.46. The maximum atomic E-state index is 5.54. The summed E-state index contributed by atoms with van der Waals surface area (Å²) in [5, 5.41) is 2.53. The van der Waals surface area contributed by atoms with Crippen molar-refractivity contribution in [2.45, 2.75) is 6.92 Å². The number of anilines is 1. The summed E-state index contributed by atoms with van der Waals surface area (Å²) in [4.78, 5) is 4.18. The van der Waals surface area contributed by atoms with Crippen molar-refractivity contribution in [2.24, 2.45) is 0 Å². The first-order valence-corrected chi connectivity index (χ1v) is 4.82. The van der Waals surface area contributed by atoms with E-state index in [9.17, 15) is 0 Å². The van der Waals surface area contributed by atoms with Crippen molar-refractivity contribution in [2.75, 3.05) is 5.73 Å². The number of allylic oxidation sites excluding steroid dienone is 5. The van der Waals surface area contributed by atoms with Crippen molar-refractivity contribution in [3.05, 3.63) is 42.0 Å². The molecule has 0 spiro atoms. The van der Waals surface area contributed by atoms with E-state index in [1.165, 1.54) is 11.3 Å². The molecule has 13 heavy (non-hydrogen) atoms. The predicted molar refractivity (Wildman–Crippen MR) is 59.5 cm³/mol. The lowest BCUT2D eigenvalue weighted by Crippen LogP contribution is -1.84. The summed E-state index contributed by atoms with van der Waals surface area (Å²) in [5.74, 6) is 0. The van der Waals surface area contributed by atoms with Gasteiger partial charge < -0.3 is 5.73 Å². The van der Waals surface area contributed by atoms with Crippen LogP contribution in [0.2, 0.25) is 0 Å². The van der Waals surface area contributed by atoms with Gasteiger partial charge in [-0.25, -0.2) is 4.98 Å². The summed E-state index contributed by atoms with van der Waals surface area (Å²) in [6.07, 6.45) is 7.60. The molecule has 0 fully saturated rings. The topological polar surface area (TPSA) is 38.9 Å². The van der Waals surface area contributed by atoms with Crippen molar-refractivity contribution >= 4 is 22.0 Å². The zero-order valence-corrected chi connectivity index (χ0v) is 8.34. The minimum absolute atomic E-state index is 0.592. The van der Waals surface area contributed by atoms with Gasteiger partial charge in [-0.05, 0) is 6.92 Å². The predicted octanol–water partition coefficient (Wildman–Crippen LogP) is 2.87. The lowest BCUT2D eigenvalue weighted by atomic mass is 10.2. The highest BCUT2D eigenvalue weighted by Gasteiger charge is 2.00. The normalized spacial score (nSPS) is 12.2. The molecule has 1 heterocycles. The monoisotopic (exact) mass is 192 g/mol. The van der Waals surface area contributed by atoms with E-state index < -0.39 is 0 Å². The zero-order valence-electron chi connectivity index (χ0n) is 7.53. The van der Waals surface area contributed by atoms with Crippen molar-refractivity contribution < 1.29 is 0 Å². The van der Waals surface area contributed by atoms with Gasteiger partial charge in [0.25, 0.3) is 0 Å². The Kier molecular flexibility index (Phi) is 3.46. The van der Waals surface area contributed by atoms with E-state index in [4.69, 9.17) is 5.73 Å². The number of nitrogens with zero attached hydrogens (tertiary/aromatic N) is 1. The molecule has 0 radical (unpaired) electrons. The second-order valence-electron chi connectivity index (χ2n) is 2.43. The molecule has 0 aromatic carbocycles. The van der Waals surface area contributed by atoms with Crippen LogP contribution in [-0.2, 0) is 0 Å². The number of nitrogens with two attached hydrogens (primary N) is 1.